The summed E-state index contributed by atoms with van der Waals surface area (Å²) in [6.07, 6.45) is 4.71. The Morgan fingerprint density at radius 1 is 1.31 bits per heavy atom. The molecule has 1 aromatic carbocycles. The van der Waals surface area contributed by atoms with Gasteiger partial charge in [0.25, 0.3) is 0 Å². The third-order valence-electron chi connectivity index (χ3n) is 3.44. The number of methoxy groups -OCH3 is 1. The average Bonchev–Trinajstić information content (AvgIpc) is 2.29. The number of alkyl halides is 1. The van der Waals surface area contributed by atoms with Gasteiger partial charge in [-0.05, 0) is 43.7 Å². The first-order chi connectivity index (χ1) is 7.70. The summed E-state index contributed by atoms with van der Waals surface area (Å²) in [7, 11) is 1.75. The molecule has 2 atom stereocenters. The Bertz CT molecular complexity index is 362. The third-order valence-corrected chi connectivity index (χ3v) is 3.83. The maximum absolute atomic E-state index is 6.26. The van der Waals surface area contributed by atoms with E-state index in [1.54, 1.807) is 7.11 Å². The zero-order valence-corrected chi connectivity index (χ0v) is 10.8. The van der Waals surface area contributed by atoms with Crippen LogP contribution in [0.15, 0.2) is 18.2 Å². The van der Waals surface area contributed by atoms with Crippen LogP contribution >= 0.6 is 11.6 Å². The Labute approximate surface area is 103 Å². The largest absolute Gasteiger partial charge is 0.496 e. The van der Waals surface area contributed by atoms with E-state index in [-0.39, 0.29) is 0 Å². The van der Waals surface area contributed by atoms with E-state index >= 15 is 0 Å². The van der Waals surface area contributed by atoms with E-state index in [0.29, 0.717) is 11.3 Å². The number of rotatable bonds is 2. The topological polar surface area (TPSA) is 9.23 Å². The lowest BCUT2D eigenvalue weighted by molar-refractivity contribution is 0.388. The highest BCUT2D eigenvalue weighted by molar-refractivity contribution is 6.20. The van der Waals surface area contributed by atoms with Gasteiger partial charge in [0.05, 0.1) is 7.11 Å². The van der Waals surface area contributed by atoms with Crippen LogP contribution in [0, 0.1) is 6.92 Å². The van der Waals surface area contributed by atoms with Gasteiger partial charge in [-0.3, -0.25) is 0 Å². The van der Waals surface area contributed by atoms with Crippen molar-refractivity contribution in [3.05, 3.63) is 29.3 Å². The standard InChI is InChI=1S/C14H19ClO/c1-10-6-7-14(16-2)13(8-10)11-4-3-5-12(15)9-11/h6-8,11-12H,3-5,9H2,1-2H3. The predicted molar refractivity (Wildman–Crippen MR) is 68.6 cm³/mol. The van der Waals surface area contributed by atoms with Gasteiger partial charge in [-0.15, -0.1) is 11.6 Å². The van der Waals surface area contributed by atoms with Crippen molar-refractivity contribution in [2.24, 2.45) is 0 Å². The highest BCUT2D eigenvalue weighted by Crippen LogP contribution is 2.39. The molecule has 1 fully saturated rings. The molecule has 1 saturated carbocycles. The number of hydrogen-bond acceptors (Lipinski definition) is 1. The van der Waals surface area contributed by atoms with Crippen LogP contribution in [0.2, 0.25) is 0 Å². The molecule has 16 heavy (non-hydrogen) atoms. The molecule has 0 bridgehead atoms. The van der Waals surface area contributed by atoms with Crippen molar-refractivity contribution >= 4 is 11.6 Å². The smallest absolute Gasteiger partial charge is 0.122 e. The molecule has 1 aromatic rings. The molecule has 0 radical (unpaired) electrons. The van der Waals surface area contributed by atoms with Crippen LogP contribution in [-0.2, 0) is 0 Å². The third kappa shape index (κ3) is 2.52. The van der Waals surface area contributed by atoms with Crippen molar-refractivity contribution in [1.29, 1.82) is 0 Å². The molecule has 88 valence electrons. The van der Waals surface area contributed by atoms with Crippen molar-refractivity contribution < 1.29 is 4.74 Å². The van der Waals surface area contributed by atoms with Crippen LogP contribution in [-0.4, -0.2) is 12.5 Å². The molecule has 0 aromatic heterocycles. The summed E-state index contributed by atoms with van der Waals surface area (Å²) in [5.74, 6) is 1.59. The minimum absolute atomic E-state index is 0.337. The van der Waals surface area contributed by atoms with E-state index in [1.807, 2.05) is 0 Å². The molecule has 1 aliphatic carbocycles. The van der Waals surface area contributed by atoms with Crippen LogP contribution in [0.25, 0.3) is 0 Å². The van der Waals surface area contributed by atoms with Crippen molar-refractivity contribution in [3.63, 3.8) is 0 Å². The van der Waals surface area contributed by atoms with Crippen LogP contribution in [0.4, 0.5) is 0 Å². The van der Waals surface area contributed by atoms with E-state index in [4.69, 9.17) is 16.3 Å². The molecule has 2 rings (SSSR count). The average molecular weight is 239 g/mol. The summed E-state index contributed by atoms with van der Waals surface area (Å²) >= 11 is 6.26. The lowest BCUT2D eigenvalue weighted by atomic mass is 9.83. The van der Waals surface area contributed by atoms with Gasteiger partial charge < -0.3 is 4.74 Å². The van der Waals surface area contributed by atoms with Gasteiger partial charge in [-0.1, -0.05) is 24.1 Å². The van der Waals surface area contributed by atoms with Crippen molar-refractivity contribution in [2.45, 2.75) is 43.9 Å². The van der Waals surface area contributed by atoms with E-state index in [0.717, 1.165) is 18.6 Å². The lowest BCUT2D eigenvalue weighted by Crippen LogP contribution is -2.14. The van der Waals surface area contributed by atoms with Crippen molar-refractivity contribution in [1.82, 2.24) is 0 Å². The number of benzene rings is 1. The summed E-state index contributed by atoms with van der Waals surface area (Å²) < 4.78 is 5.45. The zero-order chi connectivity index (χ0) is 11.5. The van der Waals surface area contributed by atoms with Gasteiger partial charge in [0.1, 0.15) is 5.75 Å². The van der Waals surface area contributed by atoms with Gasteiger partial charge in [0, 0.05) is 5.38 Å². The maximum atomic E-state index is 6.26. The second-order valence-corrected chi connectivity index (χ2v) is 5.32. The summed E-state index contributed by atoms with van der Waals surface area (Å²) in [6, 6.07) is 6.42. The molecule has 1 aliphatic rings. The van der Waals surface area contributed by atoms with Crippen LogP contribution < -0.4 is 4.74 Å². The van der Waals surface area contributed by atoms with Crippen molar-refractivity contribution in [3.8, 4) is 5.75 Å². The second-order valence-electron chi connectivity index (χ2n) is 4.71. The summed E-state index contributed by atoms with van der Waals surface area (Å²) in [5.41, 5.74) is 2.64. The highest BCUT2D eigenvalue weighted by Gasteiger charge is 2.24. The SMILES string of the molecule is COc1ccc(C)cc1C1CCCC(Cl)C1. The molecular formula is C14H19ClO. The lowest BCUT2D eigenvalue weighted by Gasteiger charge is -2.27. The van der Waals surface area contributed by atoms with Crippen molar-refractivity contribution in [2.75, 3.05) is 7.11 Å². The monoisotopic (exact) mass is 238 g/mol. The fourth-order valence-electron chi connectivity index (χ4n) is 2.59. The van der Waals surface area contributed by atoms with Crippen LogP contribution in [0.1, 0.15) is 42.7 Å². The number of ether oxygens (including phenoxy) is 1. The normalized spacial score (nSPS) is 25.4. The molecule has 2 heteroatoms. The van der Waals surface area contributed by atoms with Crippen LogP contribution in [0.3, 0.4) is 0 Å². The first-order valence-electron chi connectivity index (χ1n) is 5.99. The van der Waals surface area contributed by atoms with Gasteiger partial charge in [0.2, 0.25) is 0 Å². The molecular weight excluding hydrogens is 220 g/mol. The first kappa shape index (κ1) is 11.8. The number of hydrogen-bond donors (Lipinski definition) is 0. The van der Waals surface area contributed by atoms with Crippen LogP contribution in [0.5, 0.6) is 5.75 Å². The predicted octanol–water partition coefficient (Wildman–Crippen LogP) is 4.27. The molecule has 0 heterocycles. The first-order valence-corrected chi connectivity index (χ1v) is 6.43. The zero-order valence-electron chi connectivity index (χ0n) is 10.0. The second kappa shape index (κ2) is 5.09. The Morgan fingerprint density at radius 2 is 2.12 bits per heavy atom. The number of halogens is 1. The van der Waals surface area contributed by atoms with Gasteiger partial charge >= 0.3 is 0 Å². The quantitative estimate of drug-likeness (QED) is 0.700. The molecule has 1 nitrogen and oxygen atoms in total. The molecule has 0 spiro atoms. The Kier molecular flexibility index (Phi) is 3.75. The number of aryl methyl sites for hydroxylation is 1. The van der Waals surface area contributed by atoms with E-state index in [2.05, 4.69) is 25.1 Å². The van der Waals surface area contributed by atoms with Gasteiger partial charge in [-0.25, -0.2) is 0 Å². The Morgan fingerprint density at radius 3 is 2.81 bits per heavy atom. The van der Waals surface area contributed by atoms with E-state index in [1.165, 1.54) is 24.0 Å². The highest BCUT2D eigenvalue weighted by atomic mass is 35.5. The molecule has 0 N–H and O–H groups in total. The molecule has 0 amide bonds. The van der Waals surface area contributed by atoms with Gasteiger partial charge in [0.15, 0.2) is 0 Å². The summed E-state index contributed by atoms with van der Waals surface area (Å²) in [5, 5.41) is 0.337. The fourth-order valence-corrected chi connectivity index (χ4v) is 2.95. The van der Waals surface area contributed by atoms with E-state index in [9.17, 15) is 0 Å². The Balaban J connectivity index is 2.26. The minimum Gasteiger partial charge on any atom is -0.496 e. The summed E-state index contributed by atoms with van der Waals surface area (Å²) in [4.78, 5) is 0. The van der Waals surface area contributed by atoms with Gasteiger partial charge in [-0.2, -0.15) is 0 Å². The minimum atomic E-state index is 0.337. The molecule has 0 aliphatic heterocycles. The van der Waals surface area contributed by atoms with E-state index < -0.39 is 0 Å². The fraction of sp³-hybridized carbons (Fsp3) is 0.571. The Hall–Kier alpha value is -0.690. The summed E-state index contributed by atoms with van der Waals surface area (Å²) in [6.45, 7) is 2.13. The molecule has 2 unspecified atom stereocenters. The maximum Gasteiger partial charge on any atom is 0.122 e. The molecule has 0 saturated heterocycles.